The van der Waals surface area contributed by atoms with Crippen molar-refractivity contribution in [2.24, 2.45) is 0 Å². The molecule has 1 aliphatic heterocycles. The van der Waals surface area contributed by atoms with Crippen molar-refractivity contribution in [1.29, 1.82) is 0 Å². The van der Waals surface area contributed by atoms with Crippen molar-refractivity contribution in [2.75, 3.05) is 38.2 Å². The van der Waals surface area contributed by atoms with Gasteiger partial charge in [-0.1, -0.05) is 15.9 Å². The topological polar surface area (TPSA) is 67.9 Å². The molecule has 1 saturated heterocycles. The number of carbonyl (C=O) groups excluding carboxylic acids is 2. The Labute approximate surface area is 172 Å². The number of halogens is 1. The van der Waals surface area contributed by atoms with Crippen LogP contribution in [-0.4, -0.2) is 49.6 Å². The molecule has 2 aromatic carbocycles. The number of hydrogen-bond acceptors (Lipinski definition) is 4. The molecule has 0 bridgehead atoms. The van der Waals surface area contributed by atoms with E-state index >= 15 is 0 Å². The van der Waals surface area contributed by atoms with Gasteiger partial charge < -0.3 is 19.7 Å². The monoisotopic (exact) mass is 446 g/mol. The van der Waals surface area contributed by atoms with Gasteiger partial charge in [0.25, 0.3) is 11.8 Å². The van der Waals surface area contributed by atoms with E-state index in [1.54, 1.807) is 29.2 Å². The zero-order valence-electron chi connectivity index (χ0n) is 16.0. The van der Waals surface area contributed by atoms with E-state index in [0.717, 1.165) is 15.6 Å². The van der Waals surface area contributed by atoms with E-state index in [-0.39, 0.29) is 18.4 Å². The lowest BCUT2D eigenvalue weighted by Crippen LogP contribution is -2.40. The van der Waals surface area contributed by atoms with Crippen molar-refractivity contribution in [3.8, 4) is 5.75 Å². The van der Waals surface area contributed by atoms with Crippen LogP contribution in [0.3, 0.4) is 0 Å². The highest BCUT2D eigenvalue weighted by Gasteiger charge is 2.18. The van der Waals surface area contributed by atoms with Gasteiger partial charge in [-0.3, -0.25) is 9.59 Å². The van der Waals surface area contributed by atoms with Gasteiger partial charge in [-0.05, 0) is 61.4 Å². The molecular weight excluding hydrogens is 424 g/mol. The second-order valence-electron chi connectivity index (χ2n) is 6.69. The van der Waals surface area contributed by atoms with Crippen LogP contribution in [0.4, 0.5) is 5.69 Å². The highest BCUT2D eigenvalue weighted by atomic mass is 79.9. The van der Waals surface area contributed by atoms with Gasteiger partial charge in [0.1, 0.15) is 5.75 Å². The Balaban J connectivity index is 1.55. The Morgan fingerprint density at radius 3 is 2.32 bits per heavy atom. The van der Waals surface area contributed by atoms with Crippen LogP contribution in [0.2, 0.25) is 0 Å². The standard InChI is InChI=1S/C21H23BrN2O4/c1-14-11-17(22)12-15(2)20(14)28-13-19(25)23-18-5-3-16(4-6-18)21(26)24-7-9-27-10-8-24/h3-6,11-12H,7-10,13H2,1-2H3,(H,23,25). The molecule has 1 fully saturated rings. The van der Waals surface area contributed by atoms with Gasteiger partial charge >= 0.3 is 0 Å². The third kappa shape index (κ3) is 5.11. The molecule has 2 amide bonds. The van der Waals surface area contributed by atoms with Crippen molar-refractivity contribution in [2.45, 2.75) is 13.8 Å². The van der Waals surface area contributed by atoms with Crippen molar-refractivity contribution in [3.05, 3.63) is 57.6 Å². The van der Waals surface area contributed by atoms with Crippen LogP contribution in [0.1, 0.15) is 21.5 Å². The minimum atomic E-state index is -0.256. The fourth-order valence-corrected chi connectivity index (χ4v) is 3.79. The van der Waals surface area contributed by atoms with Crippen LogP contribution in [0.25, 0.3) is 0 Å². The normalized spacial score (nSPS) is 13.9. The van der Waals surface area contributed by atoms with Gasteiger partial charge in [-0.15, -0.1) is 0 Å². The summed E-state index contributed by atoms with van der Waals surface area (Å²) in [5, 5.41) is 2.79. The molecule has 28 heavy (non-hydrogen) atoms. The molecule has 2 aromatic rings. The molecular formula is C21H23BrN2O4. The van der Waals surface area contributed by atoms with E-state index in [1.807, 2.05) is 26.0 Å². The Morgan fingerprint density at radius 1 is 1.11 bits per heavy atom. The smallest absolute Gasteiger partial charge is 0.262 e. The lowest BCUT2D eigenvalue weighted by atomic mass is 10.1. The molecule has 0 spiro atoms. The van der Waals surface area contributed by atoms with Crippen LogP contribution in [0.15, 0.2) is 40.9 Å². The molecule has 0 saturated carbocycles. The molecule has 0 aromatic heterocycles. The number of hydrogen-bond donors (Lipinski definition) is 1. The van der Waals surface area contributed by atoms with Crippen molar-refractivity contribution in [1.82, 2.24) is 4.90 Å². The van der Waals surface area contributed by atoms with E-state index in [9.17, 15) is 9.59 Å². The first-order chi connectivity index (χ1) is 13.4. The second kappa shape index (κ2) is 9.21. The summed E-state index contributed by atoms with van der Waals surface area (Å²) in [7, 11) is 0. The maximum absolute atomic E-state index is 12.4. The van der Waals surface area contributed by atoms with Crippen LogP contribution in [0.5, 0.6) is 5.75 Å². The summed E-state index contributed by atoms with van der Waals surface area (Å²) in [5.41, 5.74) is 3.14. The quantitative estimate of drug-likeness (QED) is 0.762. The van der Waals surface area contributed by atoms with Crippen LogP contribution < -0.4 is 10.1 Å². The molecule has 0 radical (unpaired) electrons. The summed E-state index contributed by atoms with van der Waals surface area (Å²) >= 11 is 3.44. The lowest BCUT2D eigenvalue weighted by molar-refractivity contribution is -0.118. The number of nitrogens with one attached hydrogen (secondary N) is 1. The molecule has 7 heteroatoms. The first-order valence-corrected chi connectivity index (χ1v) is 9.90. The molecule has 0 aliphatic carbocycles. The number of morpholine rings is 1. The van der Waals surface area contributed by atoms with Gasteiger partial charge in [0.05, 0.1) is 13.2 Å². The predicted octanol–water partition coefficient (Wildman–Crippen LogP) is 3.56. The first kappa shape index (κ1) is 20.4. The zero-order chi connectivity index (χ0) is 20.1. The van der Waals surface area contributed by atoms with Crippen molar-refractivity contribution in [3.63, 3.8) is 0 Å². The Morgan fingerprint density at radius 2 is 1.71 bits per heavy atom. The fraction of sp³-hybridized carbons (Fsp3) is 0.333. The van der Waals surface area contributed by atoms with Crippen LogP contribution >= 0.6 is 15.9 Å². The van der Waals surface area contributed by atoms with Gasteiger partial charge in [-0.25, -0.2) is 0 Å². The number of benzene rings is 2. The molecule has 3 rings (SSSR count). The average molecular weight is 447 g/mol. The summed E-state index contributed by atoms with van der Waals surface area (Å²) in [5.74, 6) is 0.435. The molecule has 1 aliphatic rings. The minimum Gasteiger partial charge on any atom is -0.483 e. The SMILES string of the molecule is Cc1cc(Br)cc(C)c1OCC(=O)Nc1ccc(C(=O)N2CCOCC2)cc1. The number of rotatable bonds is 5. The minimum absolute atomic E-state index is 0.0225. The van der Waals surface area contributed by atoms with E-state index in [0.29, 0.717) is 43.3 Å². The van der Waals surface area contributed by atoms with E-state index in [2.05, 4.69) is 21.2 Å². The predicted molar refractivity (Wildman–Crippen MR) is 111 cm³/mol. The number of aryl methyl sites for hydroxylation is 2. The van der Waals surface area contributed by atoms with E-state index in [4.69, 9.17) is 9.47 Å². The molecule has 1 heterocycles. The summed E-state index contributed by atoms with van der Waals surface area (Å²) in [6.07, 6.45) is 0. The number of amides is 2. The number of ether oxygens (including phenoxy) is 2. The summed E-state index contributed by atoms with van der Waals surface area (Å²) in [6.45, 7) is 6.13. The molecule has 6 nitrogen and oxygen atoms in total. The Bertz CT molecular complexity index is 838. The van der Waals surface area contributed by atoms with Crippen LogP contribution in [-0.2, 0) is 9.53 Å². The molecule has 0 atom stereocenters. The number of nitrogens with zero attached hydrogens (tertiary/aromatic N) is 1. The fourth-order valence-electron chi connectivity index (χ4n) is 3.11. The summed E-state index contributed by atoms with van der Waals surface area (Å²) < 4.78 is 11.9. The Kier molecular flexibility index (Phi) is 6.70. The number of anilines is 1. The summed E-state index contributed by atoms with van der Waals surface area (Å²) in [4.78, 5) is 26.4. The maximum atomic E-state index is 12.4. The summed E-state index contributed by atoms with van der Waals surface area (Å²) in [6, 6.07) is 10.8. The van der Waals surface area contributed by atoms with Crippen LogP contribution in [0, 0.1) is 13.8 Å². The van der Waals surface area contributed by atoms with Gasteiger partial charge in [0.15, 0.2) is 6.61 Å². The lowest BCUT2D eigenvalue weighted by Gasteiger charge is -2.26. The molecule has 1 N–H and O–H groups in total. The largest absolute Gasteiger partial charge is 0.483 e. The van der Waals surface area contributed by atoms with Crippen molar-refractivity contribution >= 4 is 33.4 Å². The average Bonchev–Trinajstić information content (AvgIpc) is 2.68. The highest BCUT2D eigenvalue weighted by Crippen LogP contribution is 2.27. The second-order valence-corrected chi connectivity index (χ2v) is 7.60. The van der Waals surface area contributed by atoms with Gasteiger partial charge in [0.2, 0.25) is 0 Å². The van der Waals surface area contributed by atoms with E-state index < -0.39 is 0 Å². The molecule has 0 unspecified atom stereocenters. The third-order valence-electron chi connectivity index (χ3n) is 4.49. The third-order valence-corrected chi connectivity index (χ3v) is 4.94. The maximum Gasteiger partial charge on any atom is 0.262 e. The Hall–Kier alpha value is -2.38. The first-order valence-electron chi connectivity index (χ1n) is 9.10. The van der Waals surface area contributed by atoms with Gasteiger partial charge in [0, 0.05) is 28.8 Å². The van der Waals surface area contributed by atoms with Gasteiger partial charge in [-0.2, -0.15) is 0 Å². The zero-order valence-corrected chi connectivity index (χ0v) is 17.5. The van der Waals surface area contributed by atoms with E-state index in [1.165, 1.54) is 0 Å². The number of carbonyl (C=O) groups is 2. The highest BCUT2D eigenvalue weighted by molar-refractivity contribution is 9.10. The molecule has 148 valence electrons. The van der Waals surface area contributed by atoms with Crippen molar-refractivity contribution < 1.29 is 19.1 Å².